The fourth-order valence-corrected chi connectivity index (χ4v) is 2.00. The van der Waals surface area contributed by atoms with Gasteiger partial charge in [0.05, 0.1) is 0 Å². The molecule has 0 bridgehead atoms. The molecular formula is C10H14N2. The topological polar surface area (TPSA) is 52.0 Å². The van der Waals surface area contributed by atoms with Gasteiger partial charge in [-0.05, 0) is 48.6 Å². The van der Waals surface area contributed by atoms with Crippen molar-refractivity contribution in [3.05, 3.63) is 28.8 Å². The average Bonchev–Trinajstić information content (AvgIpc) is 2.33. The smallest absolute Gasteiger partial charge is 0.0320 e. The van der Waals surface area contributed by atoms with Gasteiger partial charge >= 0.3 is 0 Å². The van der Waals surface area contributed by atoms with E-state index in [-0.39, 0.29) is 6.04 Å². The fourth-order valence-electron chi connectivity index (χ4n) is 2.00. The minimum Gasteiger partial charge on any atom is -0.399 e. The third kappa shape index (κ3) is 0.994. The van der Waals surface area contributed by atoms with E-state index in [1.54, 1.807) is 0 Å². The van der Waals surface area contributed by atoms with Crippen molar-refractivity contribution >= 4 is 5.69 Å². The van der Waals surface area contributed by atoms with Crippen LogP contribution in [0.1, 0.15) is 29.2 Å². The molecule has 0 aliphatic heterocycles. The summed E-state index contributed by atoms with van der Waals surface area (Å²) in [5, 5.41) is 0. The Balaban J connectivity index is 2.60. The van der Waals surface area contributed by atoms with E-state index in [1.165, 1.54) is 16.7 Å². The molecule has 0 fully saturated rings. The molecule has 2 nitrogen and oxygen atoms in total. The molecule has 0 radical (unpaired) electrons. The average molecular weight is 162 g/mol. The van der Waals surface area contributed by atoms with Crippen molar-refractivity contribution in [3.63, 3.8) is 0 Å². The third-order valence-corrected chi connectivity index (χ3v) is 2.63. The van der Waals surface area contributed by atoms with Crippen LogP contribution in [0.3, 0.4) is 0 Å². The van der Waals surface area contributed by atoms with Gasteiger partial charge in [0.25, 0.3) is 0 Å². The molecule has 1 atom stereocenters. The number of hydrogen-bond donors (Lipinski definition) is 2. The number of nitrogen functional groups attached to an aromatic ring is 1. The molecule has 12 heavy (non-hydrogen) atoms. The predicted molar refractivity (Wildman–Crippen MR) is 50.8 cm³/mol. The molecule has 1 aliphatic rings. The lowest BCUT2D eigenvalue weighted by molar-refractivity contribution is 0.713. The highest BCUT2D eigenvalue weighted by molar-refractivity contribution is 5.52. The second-order valence-corrected chi connectivity index (χ2v) is 3.55. The van der Waals surface area contributed by atoms with Gasteiger partial charge in [-0.25, -0.2) is 0 Å². The Kier molecular flexibility index (Phi) is 1.58. The number of nitrogens with two attached hydrogens (primary N) is 2. The lowest BCUT2D eigenvalue weighted by Crippen LogP contribution is -2.05. The minimum atomic E-state index is 0.210. The van der Waals surface area contributed by atoms with E-state index in [0.29, 0.717) is 0 Å². The van der Waals surface area contributed by atoms with E-state index in [4.69, 9.17) is 11.5 Å². The van der Waals surface area contributed by atoms with Crippen LogP contribution >= 0.6 is 0 Å². The summed E-state index contributed by atoms with van der Waals surface area (Å²) in [6.07, 6.45) is 2.18. The first-order chi connectivity index (χ1) is 5.68. The van der Waals surface area contributed by atoms with Crippen LogP contribution in [0.15, 0.2) is 12.1 Å². The summed E-state index contributed by atoms with van der Waals surface area (Å²) in [5.41, 5.74) is 16.5. The molecule has 0 heterocycles. The normalized spacial score (nSPS) is 21.0. The van der Waals surface area contributed by atoms with Crippen molar-refractivity contribution in [2.24, 2.45) is 5.73 Å². The lowest BCUT2D eigenvalue weighted by Gasteiger charge is -2.07. The number of aryl methyl sites for hydroxylation is 1. The third-order valence-electron chi connectivity index (χ3n) is 2.63. The summed E-state index contributed by atoms with van der Waals surface area (Å²) in [5.74, 6) is 0. The number of rotatable bonds is 0. The Hall–Kier alpha value is -1.02. The molecule has 0 saturated carbocycles. The van der Waals surface area contributed by atoms with Crippen LogP contribution in [0.5, 0.6) is 0 Å². The molecule has 64 valence electrons. The highest BCUT2D eigenvalue weighted by Crippen LogP contribution is 2.32. The number of hydrogen-bond acceptors (Lipinski definition) is 2. The standard InChI is InChI=1S/C10H14N2/c1-6-4-7(11)5-9-8(6)2-3-10(9)12/h4-5,10H,2-3,11-12H2,1H3/t10-/m1/s1. The van der Waals surface area contributed by atoms with Gasteiger partial charge in [-0.2, -0.15) is 0 Å². The minimum absolute atomic E-state index is 0.210. The highest BCUT2D eigenvalue weighted by Gasteiger charge is 2.20. The van der Waals surface area contributed by atoms with E-state index in [0.717, 1.165) is 18.5 Å². The van der Waals surface area contributed by atoms with Gasteiger partial charge in [0.2, 0.25) is 0 Å². The van der Waals surface area contributed by atoms with Crippen LogP contribution < -0.4 is 11.5 Å². The van der Waals surface area contributed by atoms with Crippen molar-refractivity contribution in [2.75, 3.05) is 5.73 Å². The zero-order valence-corrected chi connectivity index (χ0v) is 7.30. The monoisotopic (exact) mass is 162 g/mol. The Morgan fingerprint density at radius 2 is 2.17 bits per heavy atom. The molecular weight excluding hydrogens is 148 g/mol. The van der Waals surface area contributed by atoms with Crippen LogP contribution in [0.2, 0.25) is 0 Å². The first-order valence-corrected chi connectivity index (χ1v) is 4.33. The van der Waals surface area contributed by atoms with Gasteiger partial charge in [0, 0.05) is 11.7 Å². The van der Waals surface area contributed by atoms with Gasteiger partial charge in [-0.15, -0.1) is 0 Å². The number of benzene rings is 1. The SMILES string of the molecule is Cc1cc(N)cc2c1CC[C@H]2N. The molecule has 1 aromatic carbocycles. The molecule has 0 aromatic heterocycles. The Morgan fingerprint density at radius 3 is 2.92 bits per heavy atom. The van der Waals surface area contributed by atoms with E-state index in [9.17, 15) is 0 Å². The summed E-state index contributed by atoms with van der Waals surface area (Å²) < 4.78 is 0. The van der Waals surface area contributed by atoms with Crippen LogP contribution in [0.25, 0.3) is 0 Å². The van der Waals surface area contributed by atoms with Crippen molar-refractivity contribution in [3.8, 4) is 0 Å². The van der Waals surface area contributed by atoms with Crippen molar-refractivity contribution in [1.82, 2.24) is 0 Å². The molecule has 0 amide bonds. The zero-order chi connectivity index (χ0) is 8.72. The molecule has 1 aliphatic carbocycles. The molecule has 2 rings (SSSR count). The second-order valence-electron chi connectivity index (χ2n) is 3.55. The van der Waals surface area contributed by atoms with Crippen molar-refractivity contribution in [2.45, 2.75) is 25.8 Å². The van der Waals surface area contributed by atoms with E-state index in [2.05, 4.69) is 6.92 Å². The van der Waals surface area contributed by atoms with Crippen LogP contribution in [0.4, 0.5) is 5.69 Å². The Bertz CT molecular complexity index is 318. The van der Waals surface area contributed by atoms with E-state index < -0.39 is 0 Å². The lowest BCUT2D eigenvalue weighted by atomic mass is 10.0. The molecule has 2 heteroatoms. The van der Waals surface area contributed by atoms with Gasteiger partial charge in [0.1, 0.15) is 0 Å². The molecule has 0 unspecified atom stereocenters. The van der Waals surface area contributed by atoms with Crippen molar-refractivity contribution < 1.29 is 0 Å². The Labute approximate surface area is 72.6 Å². The Morgan fingerprint density at radius 1 is 1.42 bits per heavy atom. The maximum Gasteiger partial charge on any atom is 0.0320 e. The van der Waals surface area contributed by atoms with Gasteiger partial charge < -0.3 is 11.5 Å². The largest absolute Gasteiger partial charge is 0.399 e. The summed E-state index contributed by atoms with van der Waals surface area (Å²) in [4.78, 5) is 0. The number of anilines is 1. The van der Waals surface area contributed by atoms with E-state index >= 15 is 0 Å². The first-order valence-electron chi connectivity index (χ1n) is 4.33. The maximum absolute atomic E-state index is 5.93. The predicted octanol–water partition coefficient (Wildman–Crippen LogP) is 1.52. The summed E-state index contributed by atoms with van der Waals surface area (Å²) in [6, 6.07) is 4.25. The summed E-state index contributed by atoms with van der Waals surface area (Å²) in [7, 11) is 0. The summed E-state index contributed by atoms with van der Waals surface area (Å²) in [6.45, 7) is 2.10. The van der Waals surface area contributed by atoms with E-state index in [1.807, 2.05) is 12.1 Å². The van der Waals surface area contributed by atoms with Crippen LogP contribution in [-0.2, 0) is 6.42 Å². The van der Waals surface area contributed by atoms with Crippen LogP contribution in [-0.4, -0.2) is 0 Å². The second kappa shape index (κ2) is 2.49. The molecule has 4 N–H and O–H groups in total. The zero-order valence-electron chi connectivity index (χ0n) is 7.30. The van der Waals surface area contributed by atoms with Gasteiger partial charge in [-0.1, -0.05) is 0 Å². The molecule has 0 saturated heterocycles. The first kappa shape index (κ1) is 7.62. The maximum atomic E-state index is 5.93. The molecule has 1 aromatic rings. The van der Waals surface area contributed by atoms with Gasteiger partial charge in [0.15, 0.2) is 0 Å². The quantitative estimate of drug-likeness (QED) is 0.568. The van der Waals surface area contributed by atoms with Gasteiger partial charge in [-0.3, -0.25) is 0 Å². The van der Waals surface area contributed by atoms with Crippen molar-refractivity contribution in [1.29, 1.82) is 0 Å². The highest BCUT2D eigenvalue weighted by atomic mass is 14.7. The van der Waals surface area contributed by atoms with Crippen LogP contribution in [0, 0.1) is 6.92 Å². The number of fused-ring (bicyclic) bond motifs is 1. The fraction of sp³-hybridized carbons (Fsp3) is 0.400. The summed E-state index contributed by atoms with van der Waals surface area (Å²) >= 11 is 0. The molecule has 0 spiro atoms.